The summed E-state index contributed by atoms with van der Waals surface area (Å²) in [6.45, 7) is 1.16. The van der Waals surface area contributed by atoms with Crippen molar-refractivity contribution in [3.63, 3.8) is 0 Å². The van der Waals surface area contributed by atoms with E-state index in [9.17, 15) is 0 Å². The first-order valence-electron chi connectivity index (χ1n) is 7.76. The molecule has 2 unspecified atom stereocenters. The predicted molar refractivity (Wildman–Crippen MR) is 80.7 cm³/mol. The monoisotopic (exact) mass is 275 g/mol. The van der Waals surface area contributed by atoms with Gasteiger partial charge in [0.2, 0.25) is 0 Å². The number of benzene rings is 1. The van der Waals surface area contributed by atoms with Crippen LogP contribution in [0, 0.1) is 5.92 Å². The van der Waals surface area contributed by atoms with Gasteiger partial charge in [0.05, 0.1) is 14.2 Å². The summed E-state index contributed by atoms with van der Waals surface area (Å²) in [5.41, 5.74) is 1.38. The number of rotatable bonds is 6. The number of hydrogen-bond donors (Lipinski definition) is 1. The van der Waals surface area contributed by atoms with Gasteiger partial charge in [0.1, 0.15) is 11.5 Å². The van der Waals surface area contributed by atoms with Gasteiger partial charge in [0.25, 0.3) is 0 Å². The van der Waals surface area contributed by atoms with Gasteiger partial charge in [0, 0.05) is 12.1 Å². The molecule has 3 nitrogen and oxygen atoms in total. The van der Waals surface area contributed by atoms with Crippen LogP contribution in [0.25, 0.3) is 0 Å². The normalized spacial score (nSPS) is 25.7. The summed E-state index contributed by atoms with van der Waals surface area (Å²) in [5.74, 6) is 3.21. The van der Waals surface area contributed by atoms with Crippen LogP contribution < -0.4 is 14.8 Å². The second kappa shape index (κ2) is 6.04. The van der Waals surface area contributed by atoms with Crippen LogP contribution in [0.1, 0.15) is 43.6 Å². The Morgan fingerprint density at radius 2 is 1.70 bits per heavy atom. The van der Waals surface area contributed by atoms with Gasteiger partial charge < -0.3 is 14.8 Å². The summed E-state index contributed by atoms with van der Waals surface area (Å²) in [6, 6.07) is 7.12. The Kier molecular flexibility index (Phi) is 4.16. The highest BCUT2D eigenvalue weighted by Gasteiger charge is 2.31. The molecule has 0 aliphatic heterocycles. The van der Waals surface area contributed by atoms with Crippen LogP contribution in [-0.4, -0.2) is 26.8 Å². The summed E-state index contributed by atoms with van der Waals surface area (Å²) < 4.78 is 10.8. The first kappa shape index (κ1) is 13.7. The highest BCUT2D eigenvalue weighted by Crippen LogP contribution is 2.41. The Morgan fingerprint density at radius 1 is 1.00 bits per heavy atom. The van der Waals surface area contributed by atoms with E-state index in [2.05, 4.69) is 17.4 Å². The molecule has 0 spiro atoms. The zero-order valence-electron chi connectivity index (χ0n) is 12.5. The Labute approximate surface area is 121 Å². The lowest BCUT2D eigenvalue weighted by atomic mass is 9.88. The maximum absolute atomic E-state index is 5.40. The van der Waals surface area contributed by atoms with Gasteiger partial charge in [-0.3, -0.25) is 0 Å². The van der Waals surface area contributed by atoms with Crippen LogP contribution in [0.4, 0.5) is 0 Å². The standard InChI is InChI=1S/C17H25NO2/c1-19-15-8-13(9-16(10-15)20-2)17-5-3-4-12(17)11-18-14-6-7-14/h8-10,12,14,17-18H,3-7,11H2,1-2H3. The van der Waals surface area contributed by atoms with Gasteiger partial charge >= 0.3 is 0 Å². The van der Waals surface area contributed by atoms with Gasteiger partial charge in [-0.25, -0.2) is 0 Å². The Hall–Kier alpha value is -1.22. The quantitative estimate of drug-likeness (QED) is 0.863. The fourth-order valence-corrected chi connectivity index (χ4v) is 3.37. The number of ether oxygens (including phenoxy) is 2. The Balaban J connectivity index is 1.75. The fraction of sp³-hybridized carbons (Fsp3) is 0.647. The van der Waals surface area contributed by atoms with E-state index >= 15 is 0 Å². The van der Waals surface area contributed by atoms with Gasteiger partial charge in [-0.1, -0.05) is 6.42 Å². The average molecular weight is 275 g/mol. The van der Waals surface area contributed by atoms with Crippen molar-refractivity contribution in [2.45, 2.75) is 44.1 Å². The summed E-state index contributed by atoms with van der Waals surface area (Å²) >= 11 is 0. The molecule has 1 N–H and O–H groups in total. The molecule has 2 aliphatic carbocycles. The maximum Gasteiger partial charge on any atom is 0.122 e. The van der Waals surface area contributed by atoms with Crippen molar-refractivity contribution in [2.24, 2.45) is 5.92 Å². The van der Waals surface area contributed by atoms with Crippen molar-refractivity contribution in [1.29, 1.82) is 0 Å². The lowest BCUT2D eigenvalue weighted by Crippen LogP contribution is -2.26. The zero-order chi connectivity index (χ0) is 13.9. The third kappa shape index (κ3) is 3.09. The fourth-order valence-electron chi connectivity index (χ4n) is 3.37. The van der Waals surface area contributed by atoms with Crippen molar-refractivity contribution in [3.8, 4) is 11.5 Å². The van der Waals surface area contributed by atoms with Crippen LogP contribution >= 0.6 is 0 Å². The minimum Gasteiger partial charge on any atom is -0.497 e. The second-order valence-corrected chi connectivity index (χ2v) is 6.13. The summed E-state index contributed by atoms with van der Waals surface area (Å²) in [6.07, 6.45) is 6.69. The van der Waals surface area contributed by atoms with E-state index in [0.717, 1.165) is 30.0 Å². The molecule has 3 rings (SSSR count). The van der Waals surface area contributed by atoms with E-state index in [4.69, 9.17) is 9.47 Å². The van der Waals surface area contributed by atoms with Crippen molar-refractivity contribution in [2.75, 3.05) is 20.8 Å². The van der Waals surface area contributed by atoms with Gasteiger partial charge in [0.15, 0.2) is 0 Å². The molecule has 0 amide bonds. The molecular formula is C17H25NO2. The van der Waals surface area contributed by atoms with Crippen LogP contribution in [0.2, 0.25) is 0 Å². The highest BCUT2D eigenvalue weighted by molar-refractivity contribution is 5.40. The highest BCUT2D eigenvalue weighted by atomic mass is 16.5. The van der Waals surface area contributed by atoms with Crippen LogP contribution in [0.3, 0.4) is 0 Å². The molecule has 2 atom stereocenters. The first-order valence-corrected chi connectivity index (χ1v) is 7.76. The Morgan fingerprint density at radius 3 is 2.30 bits per heavy atom. The second-order valence-electron chi connectivity index (χ2n) is 6.13. The molecule has 0 aromatic heterocycles. The lowest BCUT2D eigenvalue weighted by Gasteiger charge is -2.21. The van der Waals surface area contributed by atoms with Crippen molar-refractivity contribution < 1.29 is 9.47 Å². The predicted octanol–water partition coefficient (Wildman–Crippen LogP) is 3.34. The minimum atomic E-state index is 0.644. The molecule has 0 heterocycles. The van der Waals surface area contributed by atoms with E-state index in [-0.39, 0.29) is 0 Å². The average Bonchev–Trinajstić information content (AvgIpc) is 3.20. The molecule has 2 saturated carbocycles. The van der Waals surface area contributed by atoms with Crippen LogP contribution in [-0.2, 0) is 0 Å². The molecule has 110 valence electrons. The third-order valence-corrected chi connectivity index (χ3v) is 4.71. The van der Waals surface area contributed by atoms with Crippen molar-refractivity contribution in [3.05, 3.63) is 23.8 Å². The smallest absolute Gasteiger partial charge is 0.122 e. The molecule has 1 aromatic carbocycles. The van der Waals surface area contributed by atoms with Crippen LogP contribution in [0.15, 0.2) is 18.2 Å². The van der Waals surface area contributed by atoms with E-state index in [1.807, 2.05) is 6.07 Å². The van der Waals surface area contributed by atoms with E-state index in [1.165, 1.54) is 37.7 Å². The number of hydrogen-bond acceptors (Lipinski definition) is 3. The van der Waals surface area contributed by atoms with Gasteiger partial charge in [-0.15, -0.1) is 0 Å². The summed E-state index contributed by atoms with van der Waals surface area (Å²) in [5, 5.41) is 3.69. The van der Waals surface area contributed by atoms with E-state index < -0.39 is 0 Å². The van der Waals surface area contributed by atoms with Crippen molar-refractivity contribution in [1.82, 2.24) is 5.32 Å². The lowest BCUT2D eigenvalue weighted by molar-refractivity contribution is 0.389. The molecular weight excluding hydrogens is 250 g/mol. The molecule has 0 bridgehead atoms. The Bertz CT molecular complexity index is 434. The topological polar surface area (TPSA) is 30.5 Å². The minimum absolute atomic E-state index is 0.644. The molecule has 20 heavy (non-hydrogen) atoms. The number of methoxy groups -OCH3 is 2. The molecule has 0 radical (unpaired) electrons. The number of nitrogens with one attached hydrogen (secondary N) is 1. The third-order valence-electron chi connectivity index (χ3n) is 4.71. The largest absolute Gasteiger partial charge is 0.497 e. The molecule has 3 heteroatoms. The summed E-state index contributed by atoms with van der Waals surface area (Å²) in [4.78, 5) is 0. The van der Waals surface area contributed by atoms with Crippen LogP contribution in [0.5, 0.6) is 11.5 Å². The summed E-state index contributed by atoms with van der Waals surface area (Å²) in [7, 11) is 3.44. The molecule has 0 saturated heterocycles. The van der Waals surface area contributed by atoms with E-state index in [0.29, 0.717) is 5.92 Å². The molecule has 1 aromatic rings. The van der Waals surface area contributed by atoms with Crippen molar-refractivity contribution >= 4 is 0 Å². The zero-order valence-corrected chi connectivity index (χ0v) is 12.5. The van der Waals surface area contributed by atoms with E-state index in [1.54, 1.807) is 14.2 Å². The SMILES string of the molecule is COc1cc(OC)cc(C2CCCC2CNC2CC2)c1. The molecule has 2 fully saturated rings. The first-order chi connectivity index (χ1) is 9.80. The van der Waals surface area contributed by atoms with Gasteiger partial charge in [-0.05, 0) is 61.8 Å². The maximum atomic E-state index is 5.40. The van der Waals surface area contributed by atoms with Gasteiger partial charge in [-0.2, -0.15) is 0 Å². The molecule has 2 aliphatic rings.